The molecule has 8 nitrogen and oxygen atoms in total. The summed E-state index contributed by atoms with van der Waals surface area (Å²) in [5.74, 6) is -3.02. The molecule has 0 bridgehead atoms. The van der Waals surface area contributed by atoms with Gasteiger partial charge in [-0.1, -0.05) is 0 Å². The van der Waals surface area contributed by atoms with Gasteiger partial charge in [0, 0.05) is 24.5 Å². The predicted octanol–water partition coefficient (Wildman–Crippen LogP) is 3.56. The summed E-state index contributed by atoms with van der Waals surface area (Å²) in [7, 11) is 0. The van der Waals surface area contributed by atoms with E-state index < -0.39 is 22.6 Å². The van der Waals surface area contributed by atoms with Gasteiger partial charge in [0.1, 0.15) is 0 Å². The maximum Gasteiger partial charge on any atom is 0.350 e. The zero-order valence-corrected chi connectivity index (χ0v) is 16.0. The summed E-state index contributed by atoms with van der Waals surface area (Å²) >= 11 is 6.41. The third-order valence-corrected chi connectivity index (χ3v) is 4.34. The van der Waals surface area contributed by atoms with Gasteiger partial charge in [0.25, 0.3) is 11.5 Å². The molecule has 0 aromatic heterocycles. The van der Waals surface area contributed by atoms with Crippen molar-refractivity contribution in [3.63, 3.8) is 0 Å². The average molecular weight is 464 g/mol. The summed E-state index contributed by atoms with van der Waals surface area (Å²) in [4.78, 5) is 34.4. The van der Waals surface area contributed by atoms with Crippen LogP contribution < -0.4 is 5.32 Å². The van der Waals surface area contributed by atoms with E-state index in [1.165, 1.54) is 26.8 Å². The van der Waals surface area contributed by atoms with E-state index in [2.05, 4.69) is 37.2 Å². The van der Waals surface area contributed by atoms with Crippen LogP contribution in [0, 0.1) is 17.0 Å². The Morgan fingerprint density at radius 2 is 1.75 bits per heavy atom. The smallest absolute Gasteiger partial charge is 0.350 e. The summed E-state index contributed by atoms with van der Waals surface area (Å²) in [6, 6.07) is 1.49. The summed E-state index contributed by atoms with van der Waals surface area (Å²) in [6.45, 7) is 4.41. The molecule has 1 saturated heterocycles. The van der Waals surface area contributed by atoms with E-state index in [4.69, 9.17) is 9.47 Å². The number of rotatable bonds is 3. The largest absolute Gasteiger partial charge is 0.419 e. The number of anilines is 1. The number of hydrogen-bond donors (Lipinski definition) is 1. The highest BCUT2D eigenvalue weighted by atomic mass is 79.9. The van der Waals surface area contributed by atoms with Crippen LogP contribution >= 0.6 is 31.9 Å². The van der Waals surface area contributed by atoms with Crippen LogP contribution in [0.3, 0.4) is 0 Å². The monoisotopic (exact) mass is 462 g/mol. The number of cyclic esters (lactones) is 2. The number of halogens is 2. The van der Waals surface area contributed by atoms with Gasteiger partial charge in [-0.05, 0) is 44.8 Å². The van der Waals surface area contributed by atoms with Crippen LogP contribution in [0.4, 0.5) is 11.4 Å². The van der Waals surface area contributed by atoms with Crippen LogP contribution in [0.15, 0.2) is 26.8 Å². The van der Waals surface area contributed by atoms with Gasteiger partial charge >= 0.3 is 11.9 Å². The second-order valence-electron chi connectivity index (χ2n) is 5.33. The Hall–Kier alpha value is -1.94. The molecule has 0 radical (unpaired) electrons. The Bertz CT molecular complexity index is 766. The molecule has 1 N–H and O–H groups in total. The maximum absolute atomic E-state index is 11.9. The normalized spacial score (nSPS) is 16.3. The van der Waals surface area contributed by atoms with Crippen molar-refractivity contribution in [2.75, 3.05) is 5.32 Å². The zero-order valence-electron chi connectivity index (χ0n) is 12.8. The van der Waals surface area contributed by atoms with Gasteiger partial charge in [-0.15, -0.1) is 0 Å². The van der Waals surface area contributed by atoms with Crippen molar-refractivity contribution < 1.29 is 24.0 Å². The third-order valence-electron chi connectivity index (χ3n) is 3.11. The van der Waals surface area contributed by atoms with E-state index >= 15 is 0 Å². The number of nitro groups is 1. The second-order valence-corrected chi connectivity index (χ2v) is 7.04. The Labute approximate surface area is 153 Å². The number of carbonyl (C=O) groups excluding carboxylic acids is 2. The number of nitrogens with one attached hydrogen (secondary N) is 1. The van der Waals surface area contributed by atoms with E-state index in [1.807, 2.05) is 0 Å². The second kappa shape index (κ2) is 6.52. The molecule has 128 valence electrons. The molecule has 1 aromatic carbocycles. The molecular formula is C14H12Br2N2O6. The standard InChI is InChI=1S/C14H12Br2N2O6/c1-6-10(8(15)4-9(16)11(6)18(21)22)17-5-7-12(19)23-14(2,3)24-13(7)20/h4-5,17H,1-3H3. The van der Waals surface area contributed by atoms with Crippen LogP contribution in [-0.4, -0.2) is 22.6 Å². The fourth-order valence-electron chi connectivity index (χ4n) is 2.05. The molecule has 1 aromatic rings. The molecule has 0 unspecified atom stereocenters. The molecule has 0 amide bonds. The number of nitrogens with zero attached hydrogens (tertiary/aromatic N) is 1. The lowest BCUT2D eigenvalue weighted by Crippen LogP contribution is -2.42. The first-order valence-corrected chi connectivity index (χ1v) is 8.18. The van der Waals surface area contributed by atoms with Crippen molar-refractivity contribution in [2.24, 2.45) is 0 Å². The minimum atomic E-state index is -1.33. The number of ether oxygens (including phenoxy) is 2. The van der Waals surface area contributed by atoms with E-state index in [0.29, 0.717) is 20.2 Å². The van der Waals surface area contributed by atoms with Crippen LogP contribution in [0.2, 0.25) is 0 Å². The zero-order chi connectivity index (χ0) is 18.2. The first kappa shape index (κ1) is 18.4. The maximum atomic E-state index is 11.9. The van der Waals surface area contributed by atoms with Gasteiger partial charge < -0.3 is 14.8 Å². The van der Waals surface area contributed by atoms with Crippen LogP contribution in [0.5, 0.6) is 0 Å². The van der Waals surface area contributed by atoms with Crippen molar-refractivity contribution in [3.05, 3.63) is 42.5 Å². The van der Waals surface area contributed by atoms with Crippen molar-refractivity contribution >= 4 is 55.2 Å². The molecule has 0 saturated carbocycles. The van der Waals surface area contributed by atoms with Crippen LogP contribution in [-0.2, 0) is 19.1 Å². The van der Waals surface area contributed by atoms with Crippen molar-refractivity contribution in [1.82, 2.24) is 0 Å². The van der Waals surface area contributed by atoms with Gasteiger partial charge in [-0.25, -0.2) is 9.59 Å². The summed E-state index contributed by atoms with van der Waals surface area (Å²) in [5, 5.41) is 13.9. The van der Waals surface area contributed by atoms with Gasteiger partial charge in [-0.2, -0.15) is 0 Å². The molecule has 0 spiro atoms. The predicted molar refractivity (Wildman–Crippen MR) is 91.2 cm³/mol. The van der Waals surface area contributed by atoms with E-state index in [1.54, 1.807) is 0 Å². The first-order chi connectivity index (χ1) is 11.0. The fraction of sp³-hybridized carbons (Fsp3) is 0.286. The van der Waals surface area contributed by atoms with Gasteiger partial charge in [0.2, 0.25) is 0 Å². The molecule has 0 aliphatic carbocycles. The molecule has 2 rings (SSSR count). The number of carbonyl (C=O) groups is 2. The third kappa shape index (κ3) is 3.59. The Kier molecular flexibility index (Phi) is 5.00. The van der Waals surface area contributed by atoms with Crippen molar-refractivity contribution in [2.45, 2.75) is 26.6 Å². The first-order valence-electron chi connectivity index (χ1n) is 6.60. The highest BCUT2D eigenvalue weighted by molar-refractivity contribution is 9.11. The summed E-state index contributed by atoms with van der Waals surface area (Å²) in [6.07, 6.45) is 1.10. The summed E-state index contributed by atoms with van der Waals surface area (Å²) < 4.78 is 10.7. The highest BCUT2D eigenvalue weighted by Crippen LogP contribution is 2.39. The van der Waals surface area contributed by atoms with Gasteiger partial charge in [-0.3, -0.25) is 10.1 Å². The molecule has 1 aliphatic rings. The minimum absolute atomic E-state index is 0.131. The van der Waals surface area contributed by atoms with Crippen molar-refractivity contribution in [3.8, 4) is 0 Å². The number of esters is 2. The molecular weight excluding hydrogens is 452 g/mol. The lowest BCUT2D eigenvalue weighted by Gasteiger charge is -2.29. The molecule has 1 aliphatic heterocycles. The number of benzene rings is 1. The lowest BCUT2D eigenvalue weighted by molar-refractivity contribution is -0.386. The van der Waals surface area contributed by atoms with Gasteiger partial charge in [0.05, 0.1) is 20.6 Å². The highest BCUT2D eigenvalue weighted by Gasteiger charge is 2.39. The van der Waals surface area contributed by atoms with E-state index in [-0.39, 0.29) is 11.3 Å². The van der Waals surface area contributed by atoms with Gasteiger partial charge in [0.15, 0.2) is 5.57 Å². The van der Waals surface area contributed by atoms with Crippen molar-refractivity contribution in [1.29, 1.82) is 0 Å². The molecule has 0 atom stereocenters. The number of nitro benzene ring substituents is 1. The molecule has 1 fully saturated rings. The molecule has 10 heteroatoms. The number of hydrogen-bond acceptors (Lipinski definition) is 7. The Morgan fingerprint density at radius 1 is 1.21 bits per heavy atom. The minimum Gasteiger partial charge on any atom is -0.419 e. The van der Waals surface area contributed by atoms with Crippen LogP contribution in [0.25, 0.3) is 0 Å². The van der Waals surface area contributed by atoms with Crippen LogP contribution in [0.1, 0.15) is 19.4 Å². The topological polar surface area (TPSA) is 108 Å². The molecule has 1 heterocycles. The Morgan fingerprint density at radius 3 is 2.25 bits per heavy atom. The lowest BCUT2D eigenvalue weighted by atomic mass is 10.1. The quantitative estimate of drug-likeness (QED) is 0.240. The SMILES string of the molecule is Cc1c(NC=C2C(=O)OC(C)(C)OC2=O)c(Br)cc(Br)c1[N+](=O)[O-]. The fourth-order valence-corrected chi connectivity index (χ4v) is 3.67. The Balaban J connectivity index is 2.39. The van der Waals surface area contributed by atoms with E-state index in [9.17, 15) is 19.7 Å². The summed E-state index contributed by atoms with van der Waals surface area (Å²) in [5.41, 5.74) is 0.180. The molecule has 24 heavy (non-hydrogen) atoms. The average Bonchev–Trinajstić information content (AvgIpc) is 2.38. The van der Waals surface area contributed by atoms with E-state index in [0.717, 1.165) is 6.20 Å².